The van der Waals surface area contributed by atoms with Crippen LogP contribution in [0, 0.1) is 16.9 Å². The smallest absolute Gasteiger partial charge is 0.266 e. The minimum absolute atomic E-state index is 0.0749. The highest BCUT2D eigenvalue weighted by atomic mass is 35.5. The quantitative estimate of drug-likeness (QED) is 0.483. The third-order valence-electron chi connectivity index (χ3n) is 5.11. The van der Waals surface area contributed by atoms with Gasteiger partial charge in [0.25, 0.3) is 10.0 Å². The lowest BCUT2D eigenvalue weighted by Crippen LogP contribution is -2.33. The number of anilines is 2. The van der Waals surface area contributed by atoms with E-state index in [-0.39, 0.29) is 16.2 Å². The molecule has 3 N–H and O–H groups in total. The van der Waals surface area contributed by atoms with Crippen molar-refractivity contribution in [1.82, 2.24) is 10.3 Å². The van der Waals surface area contributed by atoms with Gasteiger partial charge in [-0.15, -0.1) is 0 Å². The van der Waals surface area contributed by atoms with Gasteiger partial charge in [-0.25, -0.2) is 17.8 Å². The zero-order valence-corrected chi connectivity index (χ0v) is 18.2. The van der Waals surface area contributed by atoms with E-state index < -0.39 is 25.9 Å². The largest absolute Gasteiger partial charge is 0.382 e. The highest BCUT2D eigenvalue weighted by Crippen LogP contribution is 2.32. The second-order valence-electron chi connectivity index (χ2n) is 7.08. The topological polar surface area (TPSA) is 83.1 Å². The van der Waals surface area contributed by atoms with Crippen LogP contribution in [0.2, 0.25) is 5.02 Å². The number of hydrogen-bond acceptors (Lipinski definition) is 6. The van der Waals surface area contributed by atoms with Crippen LogP contribution in [0.4, 0.5) is 19.6 Å². The fourth-order valence-corrected chi connectivity index (χ4v) is 5.31. The minimum Gasteiger partial charge on any atom is -0.382 e. The molecule has 2 aromatic rings. The molecule has 1 fully saturated rings. The van der Waals surface area contributed by atoms with E-state index in [4.69, 9.17) is 11.6 Å². The molecule has 29 heavy (non-hydrogen) atoms. The summed E-state index contributed by atoms with van der Waals surface area (Å²) in [6.45, 7) is 0.533. The van der Waals surface area contributed by atoms with Crippen LogP contribution in [0.15, 0.2) is 23.2 Å². The van der Waals surface area contributed by atoms with Crippen LogP contribution in [0.25, 0.3) is 0 Å². The summed E-state index contributed by atoms with van der Waals surface area (Å²) in [6.07, 6.45) is 6.91. The van der Waals surface area contributed by atoms with Crippen LogP contribution in [-0.2, 0) is 10.0 Å². The SMILES string of the molecule is CNC(CCC1CCC1)CNc1cc(F)c(S(=O)(=O)Nc2ncc(F)s2)cc1Cl. The Morgan fingerprint density at radius 1 is 1.34 bits per heavy atom. The van der Waals surface area contributed by atoms with Gasteiger partial charge in [0.2, 0.25) is 0 Å². The molecule has 1 heterocycles. The molecule has 1 saturated carbocycles. The highest BCUT2D eigenvalue weighted by Gasteiger charge is 2.23. The van der Waals surface area contributed by atoms with E-state index in [9.17, 15) is 17.2 Å². The first kappa shape index (κ1) is 22.2. The summed E-state index contributed by atoms with van der Waals surface area (Å²) in [5, 5.41) is 5.55. The fourth-order valence-electron chi connectivity index (χ4n) is 3.14. The van der Waals surface area contributed by atoms with Gasteiger partial charge in [-0.1, -0.05) is 42.2 Å². The van der Waals surface area contributed by atoms with E-state index in [1.807, 2.05) is 7.05 Å². The standard InChI is InChI=1S/C18H23ClF2N4O2S2/c1-22-12(6-5-11-3-2-4-11)9-23-15-8-14(20)16(7-13(15)19)29(26,27)25-18-24-10-17(21)28-18/h7-8,10-12,22-23H,2-6,9H2,1H3,(H,24,25). The maximum atomic E-state index is 14.5. The Bertz CT molecular complexity index is 951. The van der Waals surface area contributed by atoms with Crippen LogP contribution in [0.3, 0.4) is 0 Å². The number of nitrogens with zero attached hydrogens (tertiary/aromatic N) is 1. The Morgan fingerprint density at radius 3 is 2.69 bits per heavy atom. The van der Waals surface area contributed by atoms with Crippen LogP contribution in [0.1, 0.15) is 32.1 Å². The molecule has 3 rings (SSSR count). The molecule has 11 heteroatoms. The van der Waals surface area contributed by atoms with E-state index in [0.29, 0.717) is 23.6 Å². The molecular weight excluding hydrogens is 442 g/mol. The zero-order chi connectivity index (χ0) is 21.0. The summed E-state index contributed by atoms with van der Waals surface area (Å²) >= 11 is 6.69. The van der Waals surface area contributed by atoms with Gasteiger partial charge in [0, 0.05) is 12.6 Å². The van der Waals surface area contributed by atoms with Crippen molar-refractivity contribution >= 4 is 43.8 Å². The molecular formula is C18H23ClF2N4O2S2. The van der Waals surface area contributed by atoms with Crippen molar-refractivity contribution in [3.8, 4) is 0 Å². The molecule has 0 radical (unpaired) electrons. The predicted molar refractivity (Wildman–Crippen MR) is 112 cm³/mol. The number of aromatic nitrogens is 1. The third-order valence-corrected chi connectivity index (χ3v) is 7.60. The van der Waals surface area contributed by atoms with Crippen molar-refractivity contribution < 1.29 is 17.2 Å². The lowest BCUT2D eigenvalue weighted by molar-refractivity contribution is 0.278. The number of hydrogen-bond donors (Lipinski definition) is 3. The Labute approximate surface area is 178 Å². The second-order valence-corrected chi connectivity index (χ2v) is 10.1. The van der Waals surface area contributed by atoms with E-state index in [2.05, 4.69) is 20.3 Å². The molecule has 1 aromatic heterocycles. The first-order valence-electron chi connectivity index (χ1n) is 9.33. The van der Waals surface area contributed by atoms with E-state index in [1.54, 1.807) is 0 Å². The number of thiazole rings is 1. The van der Waals surface area contributed by atoms with Crippen molar-refractivity contribution in [2.75, 3.05) is 23.6 Å². The van der Waals surface area contributed by atoms with Crippen molar-refractivity contribution in [2.24, 2.45) is 5.92 Å². The lowest BCUT2D eigenvalue weighted by Gasteiger charge is -2.27. The van der Waals surface area contributed by atoms with Gasteiger partial charge in [-0.2, -0.15) is 4.39 Å². The van der Waals surface area contributed by atoms with Gasteiger partial charge in [-0.05, 0) is 37.9 Å². The number of halogens is 3. The van der Waals surface area contributed by atoms with Crippen LogP contribution >= 0.6 is 22.9 Å². The summed E-state index contributed by atoms with van der Waals surface area (Å²) in [4.78, 5) is 2.95. The molecule has 0 amide bonds. The number of sulfonamides is 1. The number of nitrogens with one attached hydrogen (secondary N) is 3. The minimum atomic E-state index is -4.29. The third kappa shape index (κ3) is 5.78. The highest BCUT2D eigenvalue weighted by molar-refractivity contribution is 7.93. The van der Waals surface area contributed by atoms with Gasteiger partial charge in [-0.3, -0.25) is 4.72 Å². The van der Waals surface area contributed by atoms with Crippen molar-refractivity contribution in [3.05, 3.63) is 34.3 Å². The van der Waals surface area contributed by atoms with E-state index in [1.165, 1.54) is 19.3 Å². The van der Waals surface area contributed by atoms with Crippen molar-refractivity contribution in [3.63, 3.8) is 0 Å². The van der Waals surface area contributed by atoms with E-state index in [0.717, 1.165) is 37.1 Å². The Hall–Kier alpha value is -1.49. The first-order chi connectivity index (χ1) is 13.8. The molecule has 6 nitrogen and oxygen atoms in total. The maximum absolute atomic E-state index is 14.5. The molecule has 0 bridgehead atoms. The van der Waals surface area contributed by atoms with Gasteiger partial charge in [0.05, 0.1) is 16.9 Å². The van der Waals surface area contributed by atoms with Crippen LogP contribution in [0.5, 0.6) is 0 Å². The second kappa shape index (κ2) is 9.55. The van der Waals surface area contributed by atoms with Gasteiger partial charge in [0.1, 0.15) is 10.7 Å². The van der Waals surface area contributed by atoms with Crippen molar-refractivity contribution in [1.29, 1.82) is 0 Å². The molecule has 0 saturated heterocycles. The number of rotatable bonds is 10. The monoisotopic (exact) mass is 464 g/mol. The predicted octanol–water partition coefficient (Wildman–Crippen LogP) is 4.46. The Morgan fingerprint density at radius 2 is 2.10 bits per heavy atom. The van der Waals surface area contributed by atoms with Crippen LogP contribution in [-0.4, -0.2) is 33.0 Å². The number of benzene rings is 1. The molecule has 0 spiro atoms. The first-order valence-corrected chi connectivity index (χ1v) is 12.0. The van der Waals surface area contributed by atoms with Gasteiger partial charge >= 0.3 is 0 Å². The normalized spacial score (nSPS) is 15.7. The molecule has 160 valence electrons. The summed E-state index contributed by atoms with van der Waals surface area (Å²) in [6, 6.07) is 2.28. The Kier molecular flexibility index (Phi) is 7.31. The summed E-state index contributed by atoms with van der Waals surface area (Å²) in [5.74, 6) is -0.160. The lowest BCUT2D eigenvalue weighted by atomic mass is 9.81. The molecule has 1 atom stereocenters. The molecule has 1 aromatic carbocycles. The molecule has 1 aliphatic carbocycles. The summed E-state index contributed by atoms with van der Waals surface area (Å²) in [5.41, 5.74) is 0.312. The fraction of sp³-hybridized carbons (Fsp3) is 0.500. The van der Waals surface area contributed by atoms with Crippen molar-refractivity contribution in [2.45, 2.75) is 43.0 Å². The summed E-state index contributed by atoms with van der Waals surface area (Å²) < 4.78 is 54.4. The zero-order valence-electron chi connectivity index (χ0n) is 15.8. The van der Waals surface area contributed by atoms with E-state index >= 15 is 0 Å². The number of likely N-dealkylation sites (N-methyl/N-ethyl adjacent to an activating group) is 1. The average Bonchev–Trinajstić information content (AvgIpc) is 3.02. The average molecular weight is 465 g/mol. The Balaban J connectivity index is 1.66. The molecule has 1 unspecified atom stereocenters. The summed E-state index contributed by atoms with van der Waals surface area (Å²) in [7, 11) is -2.42. The molecule has 0 aliphatic heterocycles. The van der Waals surface area contributed by atoms with Gasteiger partial charge < -0.3 is 10.6 Å². The van der Waals surface area contributed by atoms with Gasteiger partial charge in [0.15, 0.2) is 10.3 Å². The maximum Gasteiger partial charge on any atom is 0.266 e. The van der Waals surface area contributed by atoms with Crippen LogP contribution < -0.4 is 15.4 Å². The molecule has 1 aliphatic rings.